The predicted molar refractivity (Wildman–Crippen MR) is 104 cm³/mol. The molecule has 0 aliphatic carbocycles. The molecule has 0 saturated heterocycles. The molecule has 0 aliphatic heterocycles. The van der Waals surface area contributed by atoms with Crippen molar-refractivity contribution in [3.63, 3.8) is 0 Å². The van der Waals surface area contributed by atoms with Crippen LogP contribution in [0.1, 0.15) is 26.4 Å². The maximum Gasteiger partial charge on any atom is 0.274 e. The van der Waals surface area contributed by atoms with Gasteiger partial charge >= 0.3 is 0 Å². The predicted octanol–water partition coefficient (Wildman–Crippen LogP) is 4.18. The average molecular weight is 397 g/mol. The van der Waals surface area contributed by atoms with Crippen molar-refractivity contribution in [2.24, 2.45) is 0 Å². The molecule has 148 valence electrons. The fourth-order valence-corrected chi connectivity index (χ4v) is 2.58. The highest BCUT2D eigenvalue weighted by Gasteiger charge is 2.15. The zero-order chi connectivity index (χ0) is 21.0. The van der Waals surface area contributed by atoms with E-state index in [-0.39, 0.29) is 16.9 Å². The van der Waals surface area contributed by atoms with Crippen LogP contribution in [0.5, 0.6) is 5.75 Å². The summed E-state index contributed by atoms with van der Waals surface area (Å²) in [5.41, 5.74) is 1.61. The summed E-state index contributed by atoms with van der Waals surface area (Å²) in [5, 5.41) is 5.14. The lowest BCUT2D eigenvalue weighted by atomic mass is 10.1. The lowest BCUT2D eigenvalue weighted by Crippen LogP contribution is -2.17. The first-order valence-corrected chi connectivity index (χ1v) is 8.56. The van der Waals surface area contributed by atoms with Gasteiger partial charge in [0.25, 0.3) is 11.8 Å². The quantitative estimate of drug-likeness (QED) is 0.677. The van der Waals surface area contributed by atoms with Gasteiger partial charge in [0.2, 0.25) is 0 Å². The molecule has 2 amide bonds. The third-order valence-electron chi connectivity index (χ3n) is 4.04. The van der Waals surface area contributed by atoms with Crippen LogP contribution in [0, 0.1) is 18.6 Å². The topological polar surface area (TPSA) is 80.3 Å². The molecule has 0 spiro atoms. The lowest BCUT2D eigenvalue weighted by molar-refractivity contribution is 0.102. The van der Waals surface area contributed by atoms with E-state index in [1.165, 1.54) is 31.5 Å². The number of amides is 2. The number of nitrogens with zero attached hydrogens (tertiary/aromatic N) is 1. The number of halogens is 2. The summed E-state index contributed by atoms with van der Waals surface area (Å²) in [5.74, 6) is -2.74. The highest BCUT2D eigenvalue weighted by atomic mass is 19.2. The van der Waals surface area contributed by atoms with Crippen LogP contribution in [-0.4, -0.2) is 23.9 Å². The van der Waals surface area contributed by atoms with Crippen LogP contribution >= 0.6 is 0 Å². The second kappa shape index (κ2) is 8.47. The van der Waals surface area contributed by atoms with E-state index in [0.29, 0.717) is 11.4 Å². The fourth-order valence-electron chi connectivity index (χ4n) is 2.58. The van der Waals surface area contributed by atoms with E-state index in [9.17, 15) is 18.4 Å². The van der Waals surface area contributed by atoms with Crippen LogP contribution in [0.15, 0.2) is 54.7 Å². The molecule has 0 atom stereocenters. The maximum atomic E-state index is 13.3. The summed E-state index contributed by atoms with van der Waals surface area (Å²) >= 11 is 0. The summed E-state index contributed by atoms with van der Waals surface area (Å²) in [7, 11) is 1.49. The molecular weight excluding hydrogens is 380 g/mol. The third-order valence-corrected chi connectivity index (χ3v) is 4.04. The highest BCUT2D eigenvalue weighted by Crippen LogP contribution is 2.25. The Morgan fingerprint density at radius 1 is 0.931 bits per heavy atom. The SMILES string of the molecule is COc1ccc(C)cc1NC(=O)c1cc(C(=O)Nc2ccc(F)c(F)c2)ccn1. The summed E-state index contributed by atoms with van der Waals surface area (Å²) in [4.78, 5) is 28.9. The second-order valence-electron chi connectivity index (χ2n) is 6.17. The van der Waals surface area contributed by atoms with Gasteiger partial charge in [-0.1, -0.05) is 6.07 Å². The van der Waals surface area contributed by atoms with Crippen LogP contribution in [0.25, 0.3) is 0 Å². The number of nitrogens with one attached hydrogen (secondary N) is 2. The number of hydrogen-bond acceptors (Lipinski definition) is 4. The number of aromatic nitrogens is 1. The molecule has 3 rings (SSSR count). The Labute approximate surface area is 165 Å². The van der Waals surface area contributed by atoms with Crippen molar-refractivity contribution < 1.29 is 23.1 Å². The Morgan fingerprint density at radius 2 is 1.72 bits per heavy atom. The van der Waals surface area contributed by atoms with Gasteiger partial charge in [-0.3, -0.25) is 14.6 Å². The van der Waals surface area contributed by atoms with Crippen LogP contribution in [0.2, 0.25) is 0 Å². The van der Waals surface area contributed by atoms with Gasteiger partial charge in [0.05, 0.1) is 12.8 Å². The van der Waals surface area contributed by atoms with Crippen molar-refractivity contribution in [2.75, 3.05) is 17.7 Å². The molecule has 1 aromatic heterocycles. The molecule has 0 aliphatic rings. The molecule has 0 bridgehead atoms. The standard InChI is InChI=1S/C21H17F2N3O3/c1-12-3-6-19(29-2)17(9-12)26-21(28)18-10-13(7-8-24-18)20(27)25-14-4-5-15(22)16(23)11-14/h3-11H,1-2H3,(H,25,27)(H,26,28). The summed E-state index contributed by atoms with van der Waals surface area (Å²) < 4.78 is 31.5. The number of ether oxygens (including phenoxy) is 1. The van der Waals surface area contributed by atoms with Crippen molar-refractivity contribution in [3.8, 4) is 5.75 Å². The molecule has 2 N–H and O–H groups in total. The third kappa shape index (κ3) is 4.73. The molecule has 6 nitrogen and oxygen atoms in total. The second-order valence-corrected chi connectivity index (χ2v) is 6.17. The number of carbonyl (C=O) groups is 2. The normalized spacial score (nSPS) is 10.3. The van der Waals surface area contributed by atoms with E-state index in [4.69, 9.17) is 4.74 Å². The van der Waals surface area contributed by atoms with Crippen molar-refractivity contribution in [3.05, 3.63) is 83.2 Å². The number of methoxy groups -OCH3 is 1. The van der Waals surface area contributed by atoms with Gasteiger partial charge in [0.15, 0.2) is 11.6 Å². The molecule has 8 heteroatoms. The van der Waals surface area contributed by atoms with Gasteiger partial charge in [-0.15, -0.1) is 0 Å². The maximum absolute atomic E-state index is 13.3. The zero-order valence-electron chi connectivity index (χ0n) is 15.6. The molecule has 0 saturated carbocycles. The largest absolute Gasteiger partial charge is 0.495 e. The molecule has 29 heavy (non-hydrogen) atoms. The van der Waals surface area contributed by atoms with E-state index in [1.807, 2.05) is 13.0 Å². The number of benzene rings is 2. The van der Waals surface area contributed by atoms with Gasteiger partial charge < -0.3 is 15.4 Å². The Kier molecular flexibility index (Phi) is 5.82. The number of rotatable bonds is 5. The molecule has 0 fully saturated rings. The van der Waals surface area contributed by atoms with Gasteiger partial charge in [-0.25, -0.2) is 8.78 Å². The summed E-state index contributed by atoms with van der Waals surface area (Å²) in [6.07, 6.45) is 1.31. The van der Waals surface area contributed by atoms with Crippen LogP contribution in [0.3, 0.4) is 0 Å². The molecular formula is C21H17F2N3O3. The molecule has 3 aromatic rings. The average Bonchev–Trinajstić information content (AvgIpc) is 2.71. The highest BCUT2D eigenvalue weighted by molar-refractivity contribution is 6.08. The first kappa shape index (κ1) is 19.9. The van der Waals surface area contributed by atoms with Crippen molar-refractivity contribution >= 4 is 23.2 Å². The molecule has 0 unspecified atom stereocenters. The Morgan fingerprint density at radius 3 is 2.45 bits per heavy atom. The summed E-state index contributed by atoms with van der Waals surface area (Å²) in [6.45, 7) is 1.87. The lowest BCUT2D eigenvalue weighted by Gasteiger charge is -2.11. The monoisotopic (exact) mass is 397 g/mol. The van der Waals surface area contributed by atoms with Crippen molar-refractivity contribution in [1.82, 2.24) is 4.98 Å². The first-order valence-electron chi connectivity index (χ1n) is 8.56. The van der Waals surface area contributed by atoms with Crippen LogP contribution < -0.4 is 15.4 Å². The van der Waals surface area contributed by atoms with Crippen molar-refractivity contribution in [1.29, 1.82) is 0 Å². The van der Waals surface area contributed by atoms with E-state index < -0.39 is 23.4 Å². The van der Waals surface area contributed by atoms with Gasteiger partial charge in [-0.05, 0) is 48.9 Å². The van der Waals surface area contributed by atoms with Crippen molar-refractivity contribution in [2.45, 2.75) is 6.92 Å². The Balaban J connectivity index is 1.78. The molecule has 1 heterocycles. The number of aryl methyl sites for hydroxylation is 1. The minimum atomic E-state index is -1.08. The number of hydrogen-bond donors (Lipinski definition) is 2. The van der Waals surface area contributed by atoms with E-state index >= 15 is 0 Å². The van der Waals surface area contributed by atoms with Crippen LogP contribution in [-0.2, 0) is 0 Å². The molecule has 2 aromatic carbocycles. The summed E-state index contributed by atoms with van der Waals surface area (Å²) in [6, 6.07) is 11.0. The number of pyridine rings is 1. The first-order chi connectivity index (χ1) is 13.9. The van der Waals surface area contributed by atoms with E-state index in [2.05, 4.69) is 15.6 Å². The van der Waals surface area contributed by atoms with E-state index in [1.54, 1.807) is 12.1 Å². The number of anilines is 2. The smallest absolute Gasteiger partial charge is 0.274 e. The van der Waals surface area contributed by atoms with Gasteiger partial charge in [0.1, 0.15) is 11.4 Å². The minimum absolute atomic E-state index is 0.00601. The molecule has 0 radical (unpaired) electrons. The fraction of sp³-hybridized carbons (Fsp3) is 0.0952. The van der Waals surface area contributed by atoms with Gasteiger partial charge in [0, 0.05) is 23.5 Å². The van der Waals surface area contributed by atoms with Gasteiger partial charge in [-0.2, -0.15) is 0 Å². The Bertz CT molecular complexity index is 1090. The van der Waals surface area contributed by atoms with Crippen LogP contribution in [0.4, 0.5) is 20.2 Å². The zero-order valence-corrected chi connectivity index (χ0v) is 15.6. The minimum Gasteiger partial charge on any atom is -0.495 e. The number of carbonyl (C=O) groups excluding carboxylic acids is 2. The Hall–Kier alpha value is -3.81. The van der Waals surface area contributed by atoms with E-state index in [0.717, 1.165) is 17.7 Å².